The van der Waals surface area contributed by atoms with Crippen LogP contribution in [-0.2, 0) is 6.54 Å². The molecule has 6 nitrogen and oxygen atoms in total. The molecule has 1 aromatic carbocycles. The fourth-order valence-electron chi connectivity index (χ4n) is 2.81. The lowest BCUT2D eigenvalue weighted by Gasteiger charge is -2.04. The Morgan fingerprint density at radius 3 is 2.50 bits per heavy atom. The number of nitrogens with zero attached hydrogens (tertiary/aromatic N) is 3. The van der Waals surface area contributed by atoms with Gasteiger partial charge in [-0.25, -0.2) is 0 Å². The normalized spacial score (nSPS) is 10.8. The minimum absolute atomic E-state index is 0.212. The first-order chi connectivity index (χ1) is 11.5. The molecule has 0 atom stereocenters. The minimum atomic E-state index is -0.212. The molecule has 0 aliphatic rings. The standard InChI is InChI=1S/C18H21N5O/c1-5-23-16(9-13(4)22-23)18(24)19-17-10-15(20-21-17)14-7-11(2)6-12(3)8-14/h6-10H,5H2,1-4H3,(H2,19,20,21,24). The highest BCUT2D eigenvalue weighted by Crippen LogP contribution is 2.22. The maximum atomic E-state index is 12.4. The summed E-state index contributed by atoms with van der Waals surface area (Å²) in [4.78, 5) is 12.4. The summed E-state index contributed by atoms with van der Waals surface area (Å²) < 4.78 is 1.68. The zero-order valence-corrected chi connectivity index (χ0v) is 14.3. The number of benzene rings is 1. The molecule has 124 valence electrons. The molecule has 1 amide bonds. The van der Waals surface area contributed by atoms with Gasteiger partial charge >= 0.3 is 0 Å². The monoisotopic (exact) mass is 323 g/mol. The van der Waals surface area contributed by atoms with Crippen LogP contribution in [0.25, 0.3) is 11.3 Å². The fraction of sp³-hybridized carbons (Fsp3) is 0.278. The van der Waals surface area contributed by atoms with E-state index in [0.29, 0.717) is 18.1 Å². The number of hydrogen-bond acceptors (Lipinski definition) is 3. The van der Waals surface area contributed by atoms with E-state index in [1.807, 2.05) is 19.9 Å². The predicted molar refractivity (Wildman–Crippen MR) is 94.1 cm³/mol. The van der Waals surface area contributed by atoms with E-state index in [-0.39, 0.29) is 5.91 Å². The molecule has 24 heavy (non-hydrogen) atoms. The third-order valence-corrected chi connectivity index (χ3v) is 3.79. The van der Waals surface area contributed by atoms with Gasteiger partial charge in [-0.2, -0.15) is 10.2 Å². The zero-order valence-electron chi connectivity index (χ0n) is 14.3. The molecule has 0 fully saturated rings. The summed E-state index contributed by atoms with van der Waals surface area (Å²) in [5.74, 6) is 0.284. The van der Waals surface area contributed by atoms with E-state index in [4.69, 9.17) is 0 Å². The highest BCUT2D eigenvalue weighted by atomic mass is 16.2. The van der Waals surface area contributed by atoms with Crippen molar-refractivity contribution in [1.29, 1.82) is 0 Å². The summed E-state index contributed by atoms with van der Waals surface area (Å²) in [6, 6.07) is 9.90. The van der Waals surface area contributed by atoms with Gasteiger partial charge in [0.2, 0.25) is 0 Å². The minimum Gasteiger partial charge on any atom is -0.304 e. The van der Waals surface area contributed by atoms with Crippen LogP contribution in [0.3, 0.4) is 0 Å². The van der Waals surface area contributed by atoms with Crippen LogP contribution >= 0.6 is 0 Å². The van der Waals surface area contributed by atoms with E-state index in [1.54, 1.807) is 10.7 Å². The Balaban J connectivity index is 1.82. The fourth-order valence-corrected chi connectivity index (χ4v) is 2.81. The lowest BCUT2D eigenvalue weighted by atomic mass is 10.1. The number of aromatic amines is 1. The van der Waals surface area contributed by atoms with Crippen LogP contribution in [0.5, 0.6) is 0 Å². The molecule has 2 aromatic heterocycles. The molecular formula is C18H21N5O. The molecule has 6 heteroatoms. The van der Waals surface area contributed by atoms with Crippen LogP contribution < -0.4 is 5.32 Å². The van der Waals surface area contributed by atoms with Gasteiger partial charge in [0, 0.05) is 18.2 Å². The average Bonchev–Trinajstić information content (AvgIpc) is 3.12. The second-order valence-corrected chi connectivity index (χ2v) is 5.98. The molecule has 3 aromatic rings. The molecule has 0 aliphatic heterocycles. The van der Waals surface area contributed by atoms with Gasteiger partial charge in [-0.15, -0.1) is 0 Å². The number of nitrogens with one attached hydrogen (secondary N) is 2. The van der Waals surface area contributed by atoms with Crippen molar-refractivity contribution in [3.63, 3.8) is 0 Å². The van der Waals surface area contributed by atoms with Crippen molar-refractivity contribution in [3.8, 4) is 11.3 Å². The molecule has 0 spiro atoms. The van der Waals surface area contributed by atoms with E-state index in [0.717, 1.165) is 17.0 Å². The lowest BCUT2D eigenvalue weighted by Crippen LogP contribution is -2.17. The van der Waals surface area contributed by atoms with Gasteiger partial charge in [0.1, 0.15) is 5.69 Å². The van der Waals surface area contributed by atoms with E-state index < -0.39 is 0 Å². The molecular weight excluding hydrogens is 302 g/mol. The van der Waals surface area contributed by atoms with Crippen LogP contribution in [0.4, 0.5) is 5.82 Å². The number of carbonyl (C=O) groups is 1. The van der Waals surface area contributed by atoms with Gasteiger partial charge in [-0.1, -0.05) is 17.2 Å². The third-order valence-electron chi connectivity index (χ3n) is 3.79. The first kappa shape index (κ1) is 16.0. The predicted octanol–water partition coefficient (Wildman–Crippen LogP) is 3.47. The summed E-state index contributed by atoms with van der Waals surface area (Å²) in [7, 11) is 0. The number of anilines is 1. The van der Waals surface area contributed by atoms with Crippen LogP contribution in [0.1, 0.15) is 34.2 Å². The van der Waals surface area contributed by atoms with Gasteiger partial charge in [0.05, 0.1) is 11.4 Å². The number of rotatable bonds is 4. The van der Waals surface area contributed by atoms with Gasteiger partial charge in [-0.3, -0.25) is 14.6 Å². The number of H-pyrrole nitrogens is 1. The molecule has 0 radical (unpaired) electrons. The number of hydrogen-bond donors (Lipinski definition) is 2. The van der Waals surface area contributed by atoms with Gasteiger partial charge in [-0.05, 0) is 45.9 Å². The molecule has 0 bridgehead atoms. The molecule has 2 N–H and O–H groups in total. The highest BCUT2D eigenvalue weighted by Gasteiger charge is 2.15. The van der Waals surface area contributed by atoms with E-state index >= 15 is 0 Å². The zero-order chi connectivity index (χ0) is 17.3. The van der Waals surface area contributed by atoms with Crippen molar-refractivity contribution in [2.75, 3.05) is 5.32 Å². The summed E-state index contributed by atoms with van der Waals surface area (Å²) >= 11 is 0. The van der Waals surface area contributed by atoms with Crippen molar-refractivity contribution in [1.82, 2.24) is 20.0 Å². The Bertz CT molecular complexity index is 870. The second kappa shape index (κ2) is 6.31. The summed E-state index contributed by atoms with van der Waals surface area (Å²) in [5.41, 5.74) is 5.65. The van der Waals surface area contributed by atoms with Gasteiger partial charge in [0.25, 0.3) is 5.91 Å². The Labute approximate surface area is 140 Å². The molecule has 0 saturated carbocycles. The Morgan fingerprint density at radius 1 is 1.12 bits per heavy atom. The number of aromatic nitrogens is 4. The number of amides is 1. The highest BCUT2D eigenvalue weighted by molar-refractivity contribution is 6.02. The van der Waals surface area contributed by atoms with Crippen molar-refractivity contribution in [2.24, 2.45) is 0 Å². The Kier molecular flexibility index (Phi) is 4.20. The summed E-state index contributed by atoms with van der Waals surface area (Å²) in [5, 5.41) is 14.3. The molecule has 3 rings (SSSR count). The van der Waals surface area contributed by atoms with Crippen molar-refractivity contribution in [2.45, 2.75) is 34.2 Å². The number of carbonyl (C=O) groups excluding carboxylic acids is 1. The Hall–Kier alpha value is -2.89. The van der Waals surface area contributed by atoms with E-state index in [9.17, 15) is 4.79 Å². The molecule has 0 unspecified atom stereocenters. The van der Waals surface area contributed by atoms with Crippen molar-refractivity contribution >= 4 is 11.7 Å². The topological polar surface area (TPSA) is 75.6 Å². The maximum absolute atomic E-state index is 12.4. The SMILES string of the molecule is CCn1nc(C)cc1C(=O)Nc1cc(-c2cc(C)cc(C)c2)[nH]n1. The first-order valence-corrected chi connectivity index (χ1v) is 7.96. The Morgan fingerprint density at radius 2 is 1.83 bits per heavy atom. The van der Waals surface area contributed by atoms with Crippen molar-refractivity contribution < 1.29 is 4.79 Å². The quantitative estimate of drug-likeness (QED) is 0.772. The van der Waals surface area contributed by atoms with Crippen LogP contribution in [0.15, 0.2) is 30.3 Å². The summed E-state index contributed by atoms with van der Waals surface area (Å²) in [6.07, 6.45) is 0. The third kappa shape index (κ3) is 3.22. The first-order valence-electron chi connectivity index (χ1n) is 7.96. The van der Waals surface area contributed by atoms with Crippen LogP contribution in [0.2, 0.25) is 0 Å². The van der Waals surface area contributed by atoms with E-state index in [2.05, 4.69) is 52.7 Å². The van der Waals surface area contributed by atoms with Gasteiger partial charge < -0.3 is 5.32 Å². The largest absolute Gasteiger partial charge is 0.304 e. The lowest BCUT2D eigenvalue weighted by molar-refractivity contribution is 0.101. The van der Waals surface area contributed by atoms with Crippen LogP contribution in [-0.4, -0.2) is 25.9 Å². The average molecular weight is 323 g/mol. The van der Waals surface area contributed by atoms with Gasteiger partial charge in [0.15, 0.2) is 5.82 Å². The molecule has 0 aliphatic carbocycles. The van der Waals surface area contributed by atoms with Crippen molar-refractivity contribution in [3.05, 3.63) is 52.8 Å². The molecule has 2 heterocycles. The summed E-state index contributed by atoms with van der Waals surface area (Å²) in [6.45, 7) is 8.59. The second-order valence-electron chi connectivity index (χ2n) is 5.98. The van der Waals surface area contributed by atoms with Crippen LogP contribution in [0, 0.1) is 20.8 Å². The number of aryl methyl sites for hydroxylation is 4. The van der Waals surface area contributed by atoms with E-state index in [1.165, 1.54) is 11.1 Å². The molecule has 0 saturated heterocycles. The maximum Gasteiger partial charge on any atom is 0.275 e. The smallest absolute Gasteiger partial charge is 0.275 e.